The third kappa shape index (κ3) is 4.49. The first-order chi connectivity index (χ1) is 10.8. The summed E-state index contributed by atoms with van der Waals surface area (Å²) in [7, 11) is -3.78. The number of carbonyl (C=O) groups excluding carboxylic acids is 1. The van der Waals surface area contributed by atoms with Crippen molar-refractivity contribution in [2.24, 2.45) is 5.92 Å². The quantitative estimate of drug-likeness (QED) is 0.638. The van der Waals surface area contributed by atoms with Crippen molar-refractivity contribution in [2.75, 3.05) is 19.6 Å². The second kappa shape index (κ2) is 7.05. The highest BCUT2D eigenvalue weighted by atomic mass is 32.2. The third-order valence-electron chi connectivity index (χ3n) is 3.96. The van der Waals surface area contributed by atoms with Crippen LogP contribution in [0, 0.1) is 16.0 Å². The Bertz CT molecular complexity index is 696. The summed E-state index contributed by atoms with van der Waals surface area (Å²) in [6.07, 6.45) is 1.47. The molecule has 0 radical (unpaired) electrons. The molecule has 1 amide bonds. The van der Waals surface area contributed by atoms with Crippen molar-refractivity contribution in [1.82, 2.24) is 9.62 Å². The van der Waals surface area contributed by atoms with Crippen molar-refractivity contribution in [1.29, 1.82) is 0 Å². The molecular weight excluding hydrogens is 322 g/mol. The number of nitrogens with one attached hydrogen (secondary N) is 1. The Morgan fingerprint density at radius 3 is 2.61 bits per heavy atom. The Labute approximate surface area is 134 Å². The number of nitrogens with zero attached hydrogens (tertiary/aromatic N) is 2. The first-order valence-corrected chi connectivity index (χ1v) is 8.77. The summed E-state index contributed by atoms with van der Waals surface area (Å²) in [5.41, 5.74) is -0.261. The van der Waals surface area contributed by atoms with E-state index in [9.17, 15) is 23.3 Å². The van der Waals surface area contributed by atoms with Gasteiger partial charge in [0.05, 0.1) is 9.82 Å². The van der Waals surface area contributed by atoms with Crippen LogP contribution >= 0.6 is 0 Å². The first-order valence-electron chi connectivity index (χ1n) is 7.29. The summed E-state index contributed by atoms with van der Waals surface area (Å²) in [6, 6.07) is 4.96. The van der Waals surface area contributed by atoms with Gasteiger partial charge in [0.15, 0.2) is 0 Å². The van der Waals surface area contributed by atoms with Crippen molar-refractivity contribution < 1.29 is 18.1 Å². The molecule has 1 fully saturated rings. The lowest BCUT2D eigenvalue weighted by Crippen LogP contribution is -2.40. The Morgan fingerprint density at radius 2 is 2.04 bits per heavy atom. The maximum atomic E-state index is 12.2. The van der Waals surface area contributed by atoms with Gasteiger partial charge in [-0.1, -0.05) is 6.07 Å². The van der Waals surface area contributed by atoms with Crippen LogP contribution in [-0.2, 0) is 14.8 Å². The largest absolute Gasteiger partial charge is 0.343 e. The van der Waals surface area contributed by atoms with Gasteiger partial charge in [0, 0.05) is 38.7 Å². The molecule has 1 aliphatic heterocycles. The second-order valence-electron chi connectivity index (χ2n) is 5.56. The normalized spacial score (nSPS) is 16.3. The van der Waals surface area contributed by atoms with E-state index < -0.39 is 14.9 Å². The minimum absolute atomic E-state index is 0.0284. The molecule has 0 aliphatic carbocycles. The average Bonchev–Trinajstić information content (AvgIpc) is 2.53. The molecule has 8 nitrogen and oxygen atoms in total. The number of nitro groups is 1. The zero-order chi connectivity index (χ0) is 17.0. The van der Waals surface area contributed by atoms with Crippen molar-refractivity contribution >= 4 is 21.6 Å². The standard InChI is InChI=1S/C14H19N3O5S/c1-11(18)16-7-5-12(6-8-16)10-15-23(21,22)14-4-2-3-13(9-14)17(19)20/h2-4,9,12,15H,5-8,10H2,1H3. The third-order valence-corrected chi connectivity index (χ3v) is 5.38. The molecule has 1 saturated heterocycles. The minimum Gasteiger partial charge on any atom is -0.343 e. The Kier molecular flexibility index (Phi) is 5.32. The van der Waals surface area contributed by atoms with E-state index in [1.54, 1.807) is 4.90 Å². The summed E-state index contributed by atoms with van der Waals surface area (Å²) in [5, 5.41) is 10.7. The average molecular weight is 341 g/mol. The van der Waals surface area contributed by atoms with Gasteiger partial charge in [0.2, 0.25) is 15.9 Å². The van der Waals surface area contributed by atoms with Gasteiger partial charge >= 0.3 is 0 Å². The zero-order valence-corrected chi connectivity index (χ0v) is 13.6. The van der Waals surface area contributed by atoms with Crippen molar-refractivity contribution in [3.8, 4) is 0 Å². The predicted octanol–water partition coefficient (Wildman–Crippen LogP) is 1.13. The molecule has 23 heavy (non-hydrogen) atoms. The van der Waals surface area contributed by atoms with Gasteiger partial charge < -0.3 is 4.90 Å². The zero-order valence-electron chi connectivity index (χ0n) is 12.8. The molecule has 0 bridgehead atoms. The molecule has 2 rings (SSSR count). The number of likely N-dealkylation sites (tertiary alicyclic amines) is 1. The fraction of sp³-hybridized carbons (Fsp3) is 0.500. The first kappa shape index (κ1) is 17.4. The molecular formula is C14H19N3O5S. The van der Waals surface area contributed by atoms with Crippen LogP contribution in [0.1, 0.15) is 19.8 Å². The molecule has 1 aromatic carbocycles. The molecule has 0 atom stereocenters. The Morgan fingerprint density at radius 1 is 1.39 bits per heavy atom. The van der Waals surface area contributed by atoms with Crippen LogP contribution in [0.15, 0.2) is 29.2 Å². The van der Waals surface area contributed by atoms with Gasteiger partial charge in [-0.25, -0.2) is 13.1 Å². The lowest BCUT2D eigenvalue weighted by Gasteiger charge is -2.31. The number of piperidine rings is 1. The Hall–Kier alpha value is -2.00. The number of non-ortho nitro benzene ring substituents is 1. The molecule has 1 aromatic rings. The van der Waals surface area contributed by atoms with E-state index in [1.807, 2.05) is 0 Å². The second-order valence-corrected chi connectivity index (χ2v) is 7.32. The number of hydrogen-bond acceptors (Lipinski definition) is 5. The van der Waals surface area contributed by atoms with Crippen LogP contribution < -0.4 is 4.72 Å². The van der Waals surface area contributed by atoms with Crippen LogP contribution in [-0.4, -0.2) is 43.8 Å². The maximum absolute atomic E-state index is 12.2. The van der Waals surface area contributed by atoms with E-state index in [0.717, 1.165) is 18.9 Å². The number of benzene rings is 1. The molecule has 1 N–H and O–H groups in total. The number of nitro benzene ring substituents is 1. The number of carbonyl (C=O) groups is 1. The topological polar surface area (TPSA) is 110 Å². The highest BCUT2D eigenvalue weighted by Gasteiger charge is 2.23. The van der Waals surface area contributed by atoms with Gasteiger partial charge in [0.25, 0.3) is 5.69 Å². The van der Waals surface area contributed by atoms with Crippen LogP contribution in [0.2, 0.25) is 0 Å². The summed E-state index contributed by atoms with van der Waals surface area (Å²) in [4.78, 5) is 23.0. The number of amides is 1. The van der Waals surface area contributed by atoms with Crippen molar-refractivity contribution in [3.63, 3.8) is 0 Å². The van der Waals surface area contributed by atoms with Gasteiger partial charge in [-0.05, 0) is 24.8 Å². The molecule has 0 saturated carbocycles. The number of hydrogen-bond donors (Lipinski definition) is 1. The molecule has 126 valence electrons. The monoisotopic (exact) mass is 341 g/mol. The summed E-state index contributed by atoms with van der Waals surface area (Å²) < 4.78 is 26.9. The van der Waals surface area contributed by atoms with E-state index in [0.29, 0.717) is 13.1 Å². The fourth-order valence-electron chi connectivity index (χ4n) is 2.53. The number of rotatable bonds is 5. The SMILES string of the molecule is CC(=O)N1CCC(CNS(=O)(=O)c2cccc([N+](=O)[O-])c2)CC1. The van der Waals surface area contributed by atoms with Crippen LogP contribution in [0.4, 0.5) is 5.69 Å². The van der Waals surface area contributed by atoms with E-state index in [2.05, 4.69) is 4.72 Å². The van der Waals surface area contributed by atoms with Crippen molar-refractivity contribution in [2.45, 2.75) is 24.7 Å². The van der Waals surface area contributed by atoms with Gasteiger partial charge in [-0.3, -0.25) is 14.9 Å². The van der Waals surface area contributed by atoms with Gasteiger partial charge in [-0.2, -0.15) is 0 Å². The molecule has 9 heteroatoms. The van der Waals surface area contributed by atoms with E-state index in [4.69, 9.17) is 0 Å². The smallest absolute Gasteiger partial charge is 0.270 e. The van der Waals surface area contributed by atoms with E-state index in [-0.39, 0.29) is 29.0 Å². The minimum atomic E-state index is -3.78. The summed E-state index contributed by atoms with van der Waals surface area (Å²) in [5.74, 6) is 0.180. The molecule has 1 heterocycles. The summed E-state index contributed by atoms with van der Waals surface area (Å²) >= 11 is 0. The van der Waals surface area contributed by atoms with Crippen LogP contribution in [0.3, 0.4) is 0 Å². The van der Waals surface area contributed by atoms with E-state index >= 15 is 0 Å². The van der Waals surface area contributed by atoms with Crippen LogP contribution in [0.25, 0.3) is 0 Å². The highest BCUT2D eigenvalue weighted by Crippen LogP contribution is 2.19. The van der Waals surface area contributed by atoms with E-state index in [1.165, 1.54) is 25.1 Å². The van der Waals surface area contributed by atoms with Gasteiger partial charge in [0.1, 0.15) is 0 Å². The Balaban J connectivity index is 1.96. The fourth-order valence-corrected chi connectivity index (χ4v) is 3.68. The predicted molar refractivity (Wildman–Crippen MR) is 83.3 cm³/mol. The molecule has 0 spiro atoms. The molecule has 0 unspecified atom stereocenters. The van der Waals surface area contributed by atoms with Crippen molar-refractivity contribution in [3.05, 3.63) is 34.4 Å². The number of sulfonamides is 1. The molecule has 1 aliphatic rings. The van der Waals surface area contributed by atoms with Gasteiger partial charge in [-0.15, -0.1) is 0 Å². The summed E-state index contributed by atoms with van der Waals surface area (Å²) in [6.45, 7) is 3.03. The lowest BCUT2D eigenvalue weighted by atomic mass is 9.97. The highest BCUT2D eigenvalue weighted by molar-refractivity contribution is 7.89. The van der Waals surface area contributed by atoms with Crippen LogP contribution in [0.5, 0.6) is 0 Å². The molecule has 0 aromatic heterocycles. The maximum Gasteiger partial charge on any atom is 0.270 e. The lowest BCUT2D eigenvalue weighted by molar-refractivity contribution is -0.385.